The van der Waals surface area contributed by atoms with Crippen molar-refractivity contribution in [3.8, 4) is 0 Å². The number of hydrogen-bond acceptors (Lipinski definition) is 5. The third-order valence-electron chi connectivity index (χ3n) is 5.88. The molecule has 1 aliphatic heterocycles. The lowest BCUT2D eigenvalue weighted by Crippen LogP contribution is -2.42. The van der Waals surface area contributed by atoms with Crippen molar-refractivity contribution in [3.63, 3.8) is 0 Å². The van der Waals surface area contributed by atoms with Gasteiger partial charge in [0, 0.05) is 43.3 Å². The van der Waals surface area contributed by atoms with Gasteiger partial charge in [-0.05, 0) is 55.2 Å². The van der Waals surface area contributed by atoms with Crippen LogP contribution in [0.15, 0.2) is 58.4 Å². The Balaban J connectivity index is 1.51. The zero-order valence-electron chi connectivity index (χ0n) is 19.0. The lowest BCUT2D eigenvalue weighted by molar-refractivity contribution is -0.135. The summed E-state index contributed by atoms with van der Waals surface area (Å²) in [5, 5.41) is 0. The van der Waals surface area contributed by atoms with Crippen molar-refractivity contribution in [2.45, 2.75) is 36.6 Å². The second-order valence-corrected chi connectivity index (χ2v) is 10.6. The van der Waals surface area contributed by atoms with Gasteiger partial charge in [0.05, 0.1) is 4.90 Å². The summed E-state index contributed by atoms with van der Waals surface area (Å²) in [5.74, 6) is -1.17. The normalized spacial score (nSPS) is 16.3. The standard InChI is InChI=1S/C24H29FN4O4S/c1-34(32,33)20-8-6-16(7-9-20)23(27)28-24(31)17-10-12-29(13-11-17)22(30)15-19(26)14-18-4-2-3-5-21(18)25/h2-9,17,19H,10-15,26H2,1H3,(H2,27,28,31)/t19-/m1/s1. The number of nitrogens with two attached hydrogens (primary N) is 2. The zero-order valence-corrected chi connectivity index (χ0v) is 19.8. The van der Waals surface area contributed by atoms with Gasteiger partial charge in [-0.15, -0.1) is 0 Å². The molecule has 4 N–H and O–H groups in total. The predicted octanol–water partition coefficient (Wildman–Crippen LogP) is 1.66. The molecule has 0 aromatic heterocycles. The van der Waals surface area contributed by atoms with Crippen molar-refractivity contribution in [1.29, 1.82) is 0 Å². The first-order valence-electron chi connectivity index (χ1n) is 11.0. The summed E-state index contributed by atoms with van der Waals surface area (Å²) in [6.45, 7) is 0.806. The van der Waals surface area contributed by atoms with E-state index < -0.39 is 15.9 Å². The van der Waals surface area contributed by atoms with Gasteiger partial charge in [-0.2, -0.15) is 4.99 Å². The maximum absolute atomic E-state index is 13.8. The van der Waals surface area contributed by atoms with Crippen LogP contribution >= 0.6 is 0 Å². The average molecular weight is 489 g/mol. The van der Waals surface area contributed by atoms with E-state index in [1.165, 1.54) is 30.3 Å². The van der Waals surface area contributed by atoms with Gasteiger partial charge >= 0.3 is 0 Å². The van der Waals surface area contributed by atoms with E-state index in [9.17, 15) is 22.4 Å². The highest BCUT2D eigenvalue weighted by Crippen LogP contribution is 2.20. The fraction of sp³-hybridized carbons (Fsp3) is 0.375. The summed E-state index contributed by atoms with van der Waals surface area (Å²) >= 11 is 0. The molecule has 1 atom stereocenters. The SMILES string of the molecule is CS(=O)(=O)c1ccc(C(N)=NC(=O)C2CCN(C(=O)C[C@H](N)Cc3ccccc3F)CC2)cc1. The Morgan fingerprint density at radius 3 is 2.32 bits per heavy atom. The van der Waals surface area contributed by atoms with Gasteiger partial charge in [-0.1, -0.05) is 18.2 Å². The number of sulfone groups is 1. The summed E-state index contributed by atoms with van der Waals surface area (Å²) in [4.78, 5) is 31.0. The van der Waals surface area contributed by atoms with E-state index >= 15 is 0 Å². The number of carbonyl (C=O) groups excluding carboxylic acids is 2. The second-order valence-electron chi connectivity index (χ2n) is 8.55. The molecule has 182 valence electrons. The topological polar surface area (TPSA) is 136 Å². The maximum Gasteiger partial charge on any atom is 0.250 e. The number of benzene rings is 2. The third-order valence-corrected chi connectivity index (χ3v) is 7.01. The fourth-order valence-corrected chi connectivity index (χ4v) is 4.53. The van der Waals surface area contributed by atoms with Crippen LogP contribution in [0.25, 0.3) is 0 Å². The van der Waals surface area contributed by atoms with Crippen molar-refractivity contribution < 1.29 is 22.4 Å². The Morgan fingerprint density at radius 1 is 1.12 bits per heavy atom. The number of likely N-dealkylation sites (tertiary alicyclic amines) is 1. The Labute approximate surface area is 198 Å². The first kappa shape index (κ1) is 25.5. The van der Waals surface area contributed by atoms with Crippen LogP contribution in [0.2, 0.25) is 0 Å². The number of amides is 2. The van der Waals surface area contributed by atoms with Crippen LogP contribution in [0.5, 0.6) is 0 Å². The molecule has 0 spiro atoms. The van der Waals surface area contributed by atoms with E-state index in [1.54, 1.807) is 23.1 Å². The Bertz CT molecular complexity index is 1170. The summed E-state index contributed by atoms with van der Waals surface area (Å²) < 4.78 is 36.9. The molecule has 0 aliphatic carbocycles. The molecule has 0 unspecified atom stereocenters. The minimum absolute atomic E-state index is 0.0164. The molecule has 1 saturated heterocycles. The van der Waals surface area contributed by atoms with Crippen molar-refractivity contribution >= 4 is 27.5 Å². The van der Waals surface area contributed by atoms with Gasteiger partial charge in [0.2, 0.25) is 5.91 Å². The molecule has 10 heteroatoms. The molecule has 1 heterocycles. The number of amidine groups is 1. The molecule has 2 amide bonds. The highest BCUT2D eigenvalue weighted by Gasteiger charge is 2.28. The van der Waals surface area contributed by atoms with Gasteiger partial charge in [0.1, 0.15) is 11.7 Å². The molecule has 0 saturated carbocycles. The number of aliphatic imine (C=N–C) groups is 1. The van der Waals surface area contributed by atoms with Gasteiger partial charge in [-0.3, -0.25) is 9.59 Å². The lowest BCUT2D eigenvalue weighted by atomic mass is 9.95. The fourth-order valence-electron chi connectivity index (χ4n) is 3.90. The van der Waals surface area contributed by atoms with E-state index in [4.69, 9.17) is 11.5 Å². The number of halogens is 1. The summed E-state index contributed by atoms with van der Waals surface area (Å²) in [6.07, 6.45) is 2.39. The van der Waals surface area contributed by atoms with E-state index in [0.29, 0.717) is 37.1 Å². The van der Waals surface area contributed by atoms with Crippen LogP contribution in [0, 0.1) is 11.7 Å². The van der Waals surface area contributed by atoms with Gasteiger partial charge < -0.3 is 16.4 Å². The Kier molecular flexibility index (Phi) is 8.16. The Morgan fingerprint density at radius 2 is 1.74 bits per heavy atom. The smallest absolute Gasteiger partial charge is 0.250 e. The van der Waals surface area contributed by atoms with Gasteiger partial charge in [-0.25, -0.2) is 12.8 Å². The molecule has 34 heavy (non-hydrogen) atoms. The highest BCUT2D eigenvalue weighted by atomic mass is 32.2. The summed E-state index contributed by atoms with van der Waals surface area (Å²) in [6, 6.07) is 11.7. The number of carbonyl (C=O) groups is 2. The van der Waals surface area contributed by atoms with Crippen molar-refractivity contribution in [2.24, 2.45) is 22.4 Å². The number of hydrogen-bond donors (Lipinski definition) is 2. The number of piperidine rings is 1. The largest absolute Gasteiger partial charge is 0.383 e. The van der Waals surface area contributed by atoms with Crippen molar-refractivity contribution in [2.75, 3.05) is 19.3 Å². The summed E-state index contributed by atoms with van der Waals surface area (Å²) in [5.41, 5.74) is 12.9. The average Bonchev–Trinajstić information content (AvgIpc) is 2.80. The van der Waals surface area contributed by atoms with Gasteiger partial charge in [0.15, 0.2) is 9.84 Å². The van der Waals surface area contributed by atoms with Crippen LogP contribution in [-0.2, 0) is 25.8 Å². The predicted molar refractivity (Wildman–Crippen MR) is 127 cm³/mol. The quantitative estimate of drug-likeness (QED) is 0.449. The van der Waals surface area contributed by atoms with Crippen LogP contribution in [0.4, 0.5) is 4.39 Å². The first-order chi connectivity index (χ1) is 16.0. The highest BCUT2D eigenvalue weighted by molar-refractivity contribution is 7.90. The minimum atomic E-state index is -3.33. The molecular formula is C24H29FN4O4S. The molecule has 0 bridgehead atoms. The molecule has 1 fully saturated rings. The van der Waals surface area contributed by atoms with E-state index in [0.717, 1.165) is 6.26 Å². The first-order valence-corrected chi connectivity index (χ1v) is 12.9. The second kappa shape index (κ2) is 10.9. The zero-order chi connectivity index (χ0) is 24.9. The van der Waals surface area contributed by atoms with E-state index in [2.05, 4.69) is 4.99 Å². The molecular weight excluding hydrogens is 459 g/mol. The van der Waals surface area contributed by atoms with Crippen LogP contribution < -0.4 is 11.5 Å². The molecule has 1 aliphatic rings. The monoisotopic (exact) mass is 488 g/mol. The molecule has 2 aromatic rings. The number of nitrogens with zero attached hydrogens (tertiary/aromatic N) is 2. The van der Waals surface area contributed by atoms with Crippen LogP contribution in [-0.4, -0.2) is 56.4 Å². The number of rotatable bonds is 7. The summed E-state index contributed by atoms with van der Waals surface area (Å²) in [7, 11) is -3.33. The molecule has 8 nitrogen and oxygen atoms in total. The molecule has 2 aromatic carbocycles. The van der Waals surface area contributed by atoms with E-state index in [1.807, 2.05) is 0 Å². The minimum Gasteiger partial charge on any atom is -0.383 e. The van der Waals surface area contributed by atoms with Crippen molar-refractivity contribution in [3.05, 3.63) is 65.5 Å². The van der Waals surface area contributed by atoms with Crippen LogP contribution in [0.1, 0.15) is 30.4 Å². The van der Waals surface area contributed by atoms with E-state index in [-0.39, 0.29) is 47.1 Å². The van der Waals surface area contributed by atoms with Crippen molar-refractivity contribution in [1.82, 2.24) is 4.90 Å². The van der Waals surface area contributed by atoms with Crippen LogP contribution in [0.3, 0.4) is 0 Å². The molecule has 3 rings (SSSR count). The third kappa shape index (κ3) is 6.71. The lowest BCUT2D eigenvalue weighted by Gasteiger charge is -2.31. The maximum atomic E-state index is 13.8. The molecule has 0 radical (unpaired) electrons. The Hall–Kier alpha value is -3.11. The van der Waals surface area contributed by atoms with Gasteiger partial charge in [0.25, 0.3) is 5.91 Å².